The van der Waals surface area contributed by atoms with Gasteiger partial charge in [-0.25, -0.2) is 4.98 Å². The molecule has 0 amide bonds. The van der Waals surface area contributed by atoms with Crippen LogP contribution in [0, 0.1) is 0 Å². The quantitative estimate of drug-likeness (QED) is 0.828. The van der Waals surface area contributed by atoms with Gasteiger partial charge in [-0.2, -0.15) is 0 Å². The Hall–Kier alpha value is -0.450. The standard InChI is InChI=1S/C11H16BrN3/c1-9-6-13-4-5-15(9)8-10-2-3-11(12)14-7-10/h2-3,7,9,13H,4-6,8H2,1H3/t9-/m1/s1. The topological polar surface area (TPSA) is 28.2 Å². The van der Waals surface area contributed by atoms with Crippen LogP contribution in [-0.4, -0.2) is 35.6 Å². The molecule has 3 nitrogen and oxygen atoms in total. The number of aromatic nitrogens is 1. The highest BCUT2D eigenvalue weighted by molar-refractivity contribution is 9.10. The van der Waals surface area contributed by atoms with Gasteiger partial charge in [0.1, 0.15) is 4.60 Å². The second-order valence-electron chi connectivity index (χ2n) is 4.01. The Morgan fingerprint density at radius 2 is 2.47 bits per heavy atom. The number of hydrogen-bond acceptors (Lipinski definition) is 3. The van der Waals surface area contributed by atoms with Crippen LogP contribution in [0.3, 0.4) is 0 Å². The first-order valence-corrected chi connectivity index (χ1v) is 6.10. The van der Waals surface area contributed by atoms with Gasteiger partial charge in [0.15, 0.2) is 0 Å². The van der Waals surface area contributed by atoms with Gasteiger partial charge < -0.3 is 5.32 Å². The summed E-state index contributed by atoms with van der Waals surface area (Å²) < 4.78 is 0.902. The average Bonchev–Trinajstić information content (AvgIpc) is 2.25. The van der Waals surface area contributed by atoms with Crippen molar-refractivity contribution in [1.82, 2.24) is 15.2 Å². The summed E-state index contributed by atoms with van der Waals surface area (Å²) >= 11 is 3.35. The third-order valence-corrected chi connectivity index (χ3v) is 3.28. The first kappa shape index (κ1) is 11.0. The lowest BCUT2D eigenvalue weighted by Crippen LogP contribution is -2.49. The largest absolute Gasteiger partial charge is 0.314 e. The van der Waals surface area contributed by atoms with E-state index in [9.17, 15) is 0 Å². The van der Waals surface area contributed by atoms with Crippen LogP contribution in [0.4, 0.5) is 0 Å². The Bertz CT molecular complexity index is 312. The first-order chi connectivity index (χ1) is 7.25. The Labute approximate surface area is 99.0 Å². The van der Waals surface area contributed by atoms with Gasteiger partial charge in [0, 0.05) is 38.4 Å². The van der Waals surface area contributed by atoms with Crippen LogP contribution in [0.25, 0.3) is 0 Å². The first-order valence-electron chi connectivity index (χ1n) is 5.31. The van der Waals surface area contributed by atoms with Crippen molar-refractivity contribution in [2.75, 3.05) is 19.6 Å². The number of halogens is 1. The van der Waals surface area contributed by atoms with Crippen molar-refractivity contribution in [3.63, 3.8) is 0 Å². The summed E-state index contributed by atoms with van der Waals surface area (Å²) in [6, 6.07) is 4.75. The zero-order valence-corrected chi connectivity index (χ0v) is 10.5. The Balaban J connectivity index is 1.98. The van der Waals surface area contributed by atoms with Crippen LogP contribution in [-0.2, 0) is 6.54 Å². The van der Waals surface area contributed by atoms with E-state index >= 15 is 0 Å². The van der Waals surface area contributed by atoms with Gasteiger partial charge in [0.2, 0.25) is 0 Å². The Morgan fingerprint density at radius 1 is 1.60 bits per heavy atom. The van der Waals surface area contributed by atoms with Gasteiger partial charge in [0.05, 0.1) is 0 Å². The van der Waals surface area contributed by atoms with E-state index in [-0.39, 0.29) is 0 Å². The highest BCUT2D eigenvalue weighted by Crippen LogP contribution is 2.11. The number of pyridine rings is 1. The van der Waals surface area contributed by atoms with E-state index in [1.165, 1.54) is 5.56 Å². The fourth-order valence-electron chi connectivity index (χ4n) is 1.85. The van der Waals surface area contributed by atoms with E-state index in [0.717, 1.165) is 30.8 Å². The molecule has 1 fully saturated rings. The van der Waals surface area contributed by atoms with Crippen molar-refractivity contribution in [3.8, 4) is 0 Å². The number of rotatable bonds is 2. The molecule has 4 heteroatoms. The van der Waals surface area contributed by atoms with E-state index < -0.39 is 0 Å². The SMILES string of the molecule is C[C@@H]1CNCCN1Cc1ccc(Br)nc1. The molecule has 0 bridgehead atoms. The third kappa shape index (κ3) is 3.00. The number of nitrogens with zero attached hydrogens (tertiary/aromatic N) is 2. The van der Waals surface area contributed by atoms with Crippen molar-refractivity contribution in [2.24, 2.45) is 0 Å². The monoisotopic (exact) mass is 269 g/mol. The second-order valence-corrected chi connectivity index (χ2v) is 4.83. The molecule has 82 valence electrons. The van der Waals surface area contributed by atoms with Crippen LogP contribution in [0.15, 0.2) is 22.9 Å². The third-order valence-electron chi connectivity index (χ3n) is 2.81. The van der Waals surface area contributed by atoms with Gasteiger partial charge in [0.25, 0.3) is 0 Å². The van der Waals surface area contributed by atoms with Crippen LogP contribution < -0.4 is 5.32 Å². The molecule has 0 spiro atoms. The molecule has 0 radical (unpaired) electrons. The summed E-state index contributed by atoms with van der Waals surface area (Å²) in [5, 5.41) is 3.39. The summed E-state index contributed by atoms with van der Waals surface area (Å²) in [5.41, 5.74) is 1.28. The van der Waals surface area contributed by atoms with E-state index in [1.807, 2.05) is 12.3 Å². The van der Waals surface area contributed by atoms with E-state index in [1.54, 1.807) is 0 Å². The molecule has 15 heavy (non-hydrogen) atoms. The summed E-state index contributed by atoms with van der Waals surface area (Å²) in [5.74, 6) is 0. The molecule has 1 saturated heterocycles. The lowest BCUT2D eigenvalue weighted by molar-refractivity contribution is 0.165. The smallest absolute Gasteiger partial charge is 0.106 e. The molecule has 1 aromatic heterocycles. The number of hydrogen-bond donors (Lipinski definition) is 1. The van der Waals surface area contributed by atoms with Crippen molar-refractivity contribution < 1.29 is 0 Å². The molecule has 0 aliphatic carbocycles. The van der Waals surface area contributed by atoms with Crippen LogP contribution in [0.1, 0.15) is 12.5 Å². The number of nitrogens with one attached hydrogen (secondary N) is 1. The number of piperazine rings is 1. The maximum Gasteiger partial charge on any atom is 0.106 e. The molecule has 0 aromatic carbocycles. The van der Waals surface area contributed by atoms with Gasteiger partial charge in [-0.3, -0.25) is 4.90 Å². The van der Waals surface area contributed by atoms with E-state index in [0.29, 0.717) is 6.04 Å². The van der Waals surface area contributed by atoms with Gasteiger partial charge in [-0.05, 0) is 34.5 Å². The van der Waals surface area contributed by atoms with Crippen LogP contribution in [0.2, 0.25) is 0 Å². The van der Waals surface area contributed by atoms with Gasteiger partial charge in [-0.15, -0.1) is 0 Å². The summed E-state index contributed by atoms with van der Waals surface area (Å²) in [6.07, 6.45) is 1.94. The molecule has 2 rings (SSSR count). The zero-order valence-electron chi connectivity index (χ0n) is 8.91. The molecule has 1 aliphatic rings. The molecule has 1 atom stereocenters. The average molecular weight is 270 g/mol. The maximum absolute atomic E-state index is 4.24. The Kier molecular flexibility index (Phi) is 3.72. The molecule has 0 saturated carbocycles. The molecule has 1 N–H and O–H groups in total. The summed E-state index contributed by atoms with van der Waals surface area (Å²) in [7, 11) is 0. The minimum Gasteiger partial charge on any atom is -0.314 e. The zero-order chi connectivity index (χ0) is 10.7. The molecule has 0 unspecified atom stereocenters. The molecular formula is C11H16BrN3. The lowest BCUT2D eigenvalue weighted by Gasteiger charge is -2.33. The predicted octanol–water partition coefficient (Wildman–Crippen LogP) is 1.64. The maximum atomic E-state index is 4.24. The van der Waals surface area contributed by atoms with E-state index in [2.05, 4.69) is 44.1 Å². The fraction of sp³-hybridized carbons (Fsp3) is 0.545. The summed E-state index contributed by atoms with van der Waals surface area (Å²) in [4.78, 5) is 6.73. The van der Waals surface area contributed by atoms with Crippen molar-refractivity contribution in [3.05, 3.63) is 28.5 Å². The molecule has 1 aliphatic heterocycles. The Morgan fingerprint density at radius 3 is 3.13 bits per heavy atom. The van der Waals surface area contributed by atoms with Gasteiger partial charge >= 0.3 is 0 Å². The minimum absolute atomic E-state index is 0.613. The summed E-state index contributed by atoms with van der Waals surface area (Å²) in [6.45, 7) is 6.57. The predicted molar refractivity (Wildman–Crippen MR) is 64.7 cm³/mol. The highest BCUT2D eigenvalue weighted by atomic mass is 79.9. The van der Waals surface area contributed by atoms with Crippen LogP contribution >= 0.6 is 15.9 Å². The minimum atomic E-state index is 0.613. The normalized spacial score (nSPS) is 22.9. The molecular weight excluding hydrogens is 254 g/mol. The molecule has 2 heterocycles. The fourth-order valence-corrected chi connectivity index (χ4v) is 2.09. The van der Waals surface area contributed by atoms with Crippen molar-refractivity contribution >= 4 is 15.9 Å². The van der Waals surface area contributed by atoms with Crippen LogP contribution in [0.5, 0.6) is 0 Å². The van der Waals surface area contributed by atoms with Crippen molar-refractivity contribution in [2.45, 2.75) is 19.5 Å². The van der Waals surface area contributed by atoms with Gasteiger partial charge in [-0.1, -0.05) is 6.07 Å². The molecule has 1 aromatic rings. The van der Waals surface area contributed by atoms with E-state index in [4.69, 9.17) is 0 Å². The lowest BCUT2D eigenvalue weighted by atomic mass is 10.2. The highest BCUT2D eigenvalue weighted by Gasteiger charge is 2.17. The second kappa shape index (κ2) is 5.05. The van der Waals surface area contributed by atoms with Crippen molar-refractivity contribution in [1.29, 1.82) is 0 Å².